The van der Waals surface area contributed by atoms with Crippen LogP contribution < -0.4 is 18.9 Å². The third-order valence-corrected chi connectivity index (χ3v) is 10.7. The Morgan fingerprint density at radius 3 is 1.48 bits per heavy atom. The smallest absolute Gasteiger partial charge is 0.161 e. The van der Waals surface area contributed by atoms with Gasteiger partial charge in [-0.3, -0.25) is 0 Å². The van der Waals surface area contributed by atoms with Crippen molar-refractivity contribution in [1.82, 2.24) is 0 Å². The lowest BCUT2D eigenvalue weighted by Crippen LogP contribution is -2.15. The van der Waals surface area contributed by atoms with Crippen molar-refractivity contribution in [2.75, 3.05) is 79.3 Å². The van der Waals surface area contributed by atoms with Crippen molar-refractivity contribution in [3.05, 3.63) is 79.8 Å². The van der Waals surface area contributed by atoms with Gasteiger partial charge < -0.3 is 37.9 Å². The Morgan fingerprint density at radius 2 is 0.960 bits per heavy atom. The maximum absolute atomic E-state index is 6.40. The number of benzene rings is 2. The van der Waals surface area contributed by atoms with Crippen LogP contribution in [0.15, 0.2) is 54.6 Å². The molecule has 0 unspecified atom stereocenters. The van der Waals surface area contributed by atoms with E-state index >= 15 is 0 Å². The second kappa shape index (κ2) is 18.9. The van der Waals surface area contributed by atoms with Gasteiger partial charge in [0.15, 0.2) is 23.0 Å². The molecule has 2 aromatic carbocycles. The molecule has 0 fully saturated rings. The summed E-state index contributed by atoms with van der Waals surface area (Å²) in [5.41, 5.74) is 6.61. The highest BCUT2D eigenvalue weighted by Gasteiger charge is 2.23. The first-order valence-electron chi connectivity index (χ1n) is 17.2. The Morgan fingerprint density at radius 1 is 0.500 bits per heavy atom. The molecule has 1 aliphatic carbocycles. The number of hydrogen-bond donors (Lipinski definition) is 0. The van der Waals surface area contributed by atoms with Crippen molar-refractivity contribution in [3.63, 3.8) is 0 Å². The maximum Gasteiger partial charge on any atom is 0.161 e. The number of fused-ring (bicyclic) bond motifs is 2. The quantitative estimate of drug-likeness (QED) is 0.206. The Hall–Kier alpha value is -3.09. The van der Waals surface area contributed by atoms with Gasteiger partial charge >= 0.3 is 0 Å². The maximum atomic E-state index is 6.40. The molecular weight excluding hydrogens is 696 g/mol. The van der Waals surface area contributed by atoms with E-state index in [1.54, 1.807) is 11.3 Å². The third-order valence-electron chi connectivity index (χ3n) is 8.44. The van der Waals surface area contributed by atoms with E-state index in [4.69, 9.17) is 49.5 Å². The number of para-hydroxylation sites is 2. The fraction of sp³-hybridized carbons (Fsp3) is 0.436. The van der Waals surface area contributed by atoms with E-state index in [1.807, 2.05) is 41.7 Å². The molecular formula is C39H45ClO8S2. The number of aryl methyl sites for hydroxylation is 2. The highest BCUT2D eigenvalue weighted by molar-refractivity contribution is 7.16. The van der Waals surface area contributed by atoms with Crippen LogP contribution in [-0.4, -0.2) is 79.3 Å². The third kappa shape index (κ3) is 10.0. The average Bonchev–Trinajstić information content (AvgIpc) is 3.84. The van der Waals surface area contributed by atoms with Gasteiger partial charge in [0, 0.05) is 14.6 Å². The summed E-state index contributed by atoms with van der Waals surface area (Å²) in [7, 11) is 0. The Bertz CT molecular complexity index is 1710. The SMILES string of the molecule is Cc1sc(Cl)cc1C1=C(c2cc(-c3ccc4c(c3)OCCOCCOCCOc3ccccc3OCCOCCOCCO4)sc2C)CCC1. The minimum atomic E-state index is 0.376. The molecule has 1 aliphatic heterocycles. The predicted molar refractivity (Wildman–Crippen MR) is 201 cm³/mol. The molecule has 50 heavy (non-hydrogen) atoms. The molecule has 0 N–H and O–H groups in total. The van der Waals surface area contributed by atoms with Crippen molar-refractivity contribution in [3.8, 4) is 33.4 Å². The van der Waals surface area contributed by atoms with Gasteiger partial charge in [-0.05, 0) is 103 Å². The molecule has 0 spiro atoms. The molecule has 8 nitrogen and oxygen atoms in total. The fourth-order valence-corrected chi connectivity index (χ4v) is 8.34. The average molecular weight is 741 g/mol. The summed E-state index contributed by atoms with van der Waals surface area (Å²) in [5, 5.41) is 0. The second-order valence-corrected chi connectivity index (χ2v) is 15.0. The summed E-state index contributed by atoms with van der Waals surface area (Å²) >= 11 is 9.87. The number of hydrogen-bond acceptors (Lipinski definition) is 10. The minimum absolute atomic E-state index is 0.376. The van der Waals surface area contributed by atoms with Crippen LogP contribution in [0.5, 0.6) is 23.0 Å². The van der Waals surface area contributed by atoms with Crippen LogP contribution in [0.4, 0.5) is 0 Å². The summed E-state index contributed by atoms with van der Waals surface area (Å²) in [5.74, 6) is 2.70. The first-order chi connectivity index (χ1) is 24.6. The van der Waals surface area contributed by atoms with E-state index in [0.717, 1.165) is 29.2 Å². The number of rotatable bonds is 3. The summed E-state index contributed by atoms with van der Waals surface area (Å²) in [4.78, 5) is 3.79. The summed E-state index contributed by atoms with van der Waals surface area (Å²) < 4.78 is 47.9. The Labute approximate surface area is 307 Å². The zero-order valence-electron chi connectivity index (χ0n) is 28.8. The van der Waals surface area contributed by atoms with Gasteiger partial charge in [0.05, 0.1) is 57.2 Å². The zero-order valence-corrected chi connectivity index (χ0v) is 31.2. The predicted octanol–water partition coefficient (Wildman–Crippen LogP) is 9.14. The van der Waals surface area contributed by atoms with E-state index in [1.165, 1.54) is 36.9 Å². The zero-order chi connectivity index (χ0) is 34.5. The lowest BCUT2D eigenvalue weighted by molar-refractivity contribution is 0.0223. The van der Waals surface area contributed by atoms with Crippen molar-refractivity contribution < 1.29 is 37.9 Å². The van der Waals surface area contributed by atoms with Crippen molar-refractivity contribution in [2.45, 2.75) is 33.1 Å². The highest BCUT2D eigenvalue weighted by atomic mass is 35.5. The van der Waals surface area contributed by atoms with E-state index < -0.39 is 0 Å². The molecule has 0 amide bonds. The van der Waals surface area contributed by atoms with E-state index in [-0.39, 0.29) is 0 Å². The fourth-order valence-electron chi connectivity index (χ4n) is 6.08. The molecule has 2 aliphatic rings. The minimum Gasteiger partial charge on any atom is -0.487 e. The van der Waals surface area contributed by atoms with Crippen LogP contribution in [0.1, 0.15) is 40.1 Å². The van der Waals surface area contributed by atoms with Crippen molar-refractivity contribution in [2.24, 2.45) is 0 Å². The van der Waals surface area contributed by atoms with Crippen LogP contribution in [0.2, 0.25) is 4.34 Å². The van der Waals surface area contributed by atoms with Crippen LogP contribution in [0.25, 0.3) is 21.6 Å². The molecule has 0 saturated heterocycles. The van der Waals surface area contributed by atoms with Gasteiger partial charge in [-0.25, -0.2) is 0 Å². The van der Waals surface area contributed by atoms with Gasteiger partial charge in [-0.15, -0.1) is 22.7 Å². The molecule has 0 atom stereocenters. The number of ether oxygens (including phenoxy) is 8. The monoisotopic (exact) mass is 740 g/mol. The summed E-state index contributed by atoms with van der Waals surface area (Å²) in [6, 6.07) is 18.2. The van der Waals surface area contributed by atoms with Crippen LogP contribution in [-0.2, 0) is 18.9 Å². The van der Waals surface area contributed by atoms with E-state index in [2.05, 4.69) is 38.1 Å². The molecule has 0 bridgehead atoms. The van der Waals surface area contributed by atoms with Crippen LogP contribution >= 0.6 is 34.3 Å². The molecule has 3 heterocycles. The lowest BCUT2D eigenvalue weighted by Gasteiger charge is -2.15. The van der Waals surface area contributed by atoms with Crippen molar-refractivity contribution in [1.29, 1.82) is 0 Å². The van der Waals surface area contributed by atoms with E-state index in [0.29, 0.717) is 102 Å². The molecule has 0 radical (unpaired) electrons. The molecule has 0 saturated carbocycles. The van der Waals surface area contributed by atoms with Gasteiger partial charge in [0.2, 0.25) is 0 Å². The molecule has 6 rings (SSSR count). The lowest BCUT2D eigenvalue weighted by atomic mass is 9.97. The van der Waals surface area contributed by atoms with Gasteiger partial charge in [0.1, 0.15) is 26.4 Å². The molecule has 11 heteroatoms. The molecule has 2 aromatic heterocycles. The van der Waals surface area contributed by atoms with E-state index in [9.17, 15) is 0 Å². The number of allylic oxidation sites excluding steroid dienone is 2. The summed E-state index contributed by atoms with van der Waals surface area (Å²) in [6.45, 7) is 9.52. The van der Waals surface area contributed by atoms with Crippen LogP contribution in [0, 0.1) is 13.8 Å². The Kier molecular flexibility index (Phi) is 13.9. The first-order valence-corrected chi connectivity index (χ1v) is 19.2. The molecule has 4 aromatic rings. The summed E-state index contributed by atoms with van der Waals surface area (Å²) in [6.07, 6.45) is 3.33. The number of halogens is 1. The Balaban J connectivity index is 1.10. The molecule has 268 valence electrons. The second-order valence-electron chi connectivity index (χ2n) is 11.9. The van der Waals surface area contributed by atoms with Crippen LogP contribution in [0.3, 0.4) is 0 Å². The normalized spacial score (nSPS) is 17.7. The van der Waals surface area contributed by atoms with Gasteiger partial charge in [-0.1, -0.05) is 23.7 Å². The topological polar surface area (TPSA) is 73.8 Å². The van der Waals surface area contributed by atoms with Gasteiger partial charge in [0.25, 0.3) is 0 Å². The van der Waals surface area contributed by atoms with Gasteiger partial charge in [-0.2, -0.15) is 0 Å². The highest BCUT2D eigenvalue weighted by Crippen LogP contribution is 2.47. The first kappa shape index (κ1) is 36.7. The standard InChI is InChI=1S/C39H45ClO8S2/c1-27-32(30-6-5-7-31(30)33-26-39(40)50-28(33)2)25-38(49-27)29-10-11-36-37(24-29)48-23-19-44-15-14-42-17-21-46-35-9-4-3-8-34(35)45-20-16-41-12-13-43-18-22-47-36/h3-4,8-11,24-26H,5-7,12-23H2,1-2H3. The number of thiophene rings is 2. The van der Waals surface area contributed by atoms with Crippen molar-refractivity contribution >= 4 is 45.4 Å². The largest absolute Gasteiger partial charge is 0.487 e.